The molecule has 0 N–H and O–H groups in total. The number of aromatic nitrogens is 2. The highest BCUT2D eigenvalue weighted by Gasteiger charge is 2.51. The highest BCUT2D eigenvalue weighted by atomic mass is 32.2. The normalized spacial score (nSPS) is 12.9. The zero-order valence-corrected chi connectivity index (χ0v) is 32.1. The van der Waals surface area contributed by atoms with Gasteiger partial charge in [0.1, 0.15) is 0 Å². The zero-order valence-electron chi connectivity index (χ0n) is 31.3. The molecule has 1 spiro atoms. The maximum atomic E-state index is 10.7. The van der Waals surface area contributed by atoms with Gasteiger partial charge < -0.3 is 0 Å². The third-order valence-electron chi connectivity index (χ3n) is 11.6. The Bertz CT molecular complexity index is 3060. The minimum Gasteiger partial charge on any atom is -0.228 e. The summed E-state index contributed by atoms with van der Waals surface area (Å²) in [6, 6.07) is 73.1. The molecule has 58 heavy (non-hydrogen) atoms. The monoisotopic (exact) mass is 755 g/mol. The van der Waals surface area contributed by atoms with Crippen molar-refractivity contribution in [1.82, 2.24) is 9.97 Å². The Balaban J connectivity index is 1.12. The van der Waals surface area contributed by atoms with Crippen LogP contribution in [0, 0.1) is 11.3 Å². The van der Waals surface area contributed by atoms with Gasteiger partial charge in [0.25, 0.3) is 0 Å². The molecule has 1 aliphatic heterocycles. The highest BCUT2D eigenvalue weighted by molar-refractivity contribution is 7.99. The molecule has 8 aromatic carbocycles. The Kier molecular flexibility index (Phi) is 8.03. The van der Waals surface area contributed by atoms with Crippen LogP contribution in [0.2, 0.25) is 0 Å². The van der Waals surface area contributed by atoms with Crippen molar-refractivity contribution in [3.05, 3.63) is 228 Å². The molecule has 0 bridgehead atoms. The fourth-order valence-corrected chi connectivity index (χ4v) is 10.3. The van der Waals surface area contributed by atoms with Crippen LogP contribution in [0.1, 0.15) is 27.8 Å². The molecule has 2 heterocycles. The Morgan fingerprint density at radius 1 is 0.397 bits per heavy atom. The van der Waals surface area contributed by atoms with Gasteiger partial charge in [-0.1, -0.05) is 176 Å². The van der Waals surface area contributed by atoms with Crippen LogP contribution in [0.4, 0.5) is 0 Å². The van der Waals surface area contributed by atoms with E-state index in [1.54, 1.807) is 0 Å². The fraction of sp³-hybridized carbons (Fsp3) is 0.0185. The molecule has 1 aromatic heterocycles. The second-order valence-electron chi connectivity index (χ2n) is 14.8. The SMILES string of the molecule is N#Cc1cccc2c1-c1c(-c3cccc(-c4cc(-c5cccc(-c6ccccc6)c5)nc(-c5ccccc5)n4)c3)cccc1C21c2ccccc2Sc2ccccc21. The number of fused-ring (bicyclic) bond motifs is 9. The molecule has 0 saturated heterocycles. The molecular formula is C54H33N3S. The molecule has 0 amide bonds. The van der Waals surface area contributed by atoms with Crippen molar-refractivity contribution in [1.29, 1.82) is 5.26 Å². The van der Waals surface area contributed by atoms with Crippen molar-refractivity contribution < 1.29 is 0 Å². The lowest BCUT2D eigenvalue weighted by Gasteiger charge is -2.39. The van der Waals surface area contributed by atoms with Gasteiger partial charge >= 0.3 is 0 Å². The number of nitriles is 1. The largest absolute Gasteiger partial charge is 0.228 e. The van der Waals surface area contributed by atoms with Gasteiger partial charge in [0, 0.05) is 32.0 Å². The molecule has 0 unspecified atom stereocenters. The molecule has 0 radical (unpaired) electrons. The van der Waals surface area contributed by atoms with Gasteiger partial charge in [-0.3, -0.25) is 0 Å². The summed E-state index contributed by atoms with van der Waals surface area (Å²) in [4.78, 5) is 12.8. The average molecular weight is 756 g/mol. The minimum absolute atomic E-state index is 0.579. The predicted octanol–water partition coefficient (Wildman–Crippen LogP) is 13.5. The van der Waals surface area contributed by atoms with E-state index < -0.39 is 5.41 Å². The van der Waals surface area contributed by atoms with E-state index in [1.807, 2.05) is 48.2 Å². The summed E-state index contributed by atoms with van der Waals surface area (Å²) in [6.45, 7) is 0. The van der Waals surface area contributed by atoms with E-state index in [0.717, 1.165) is 67.0 Å². The van der Waals surface area contributed by atoms with Gasteiger partial charge in [0.2, 0.25) is 0 Å². The molecule has 0 atom stereocenters. The number of nitrogens with zero attached hydrogens (tertiary/aromatic N) is 3. The van der Waals surface area contributed by atoms with E-state index in [0.29, 0.717) is 11.4 Å². The van der Waals surface area contributed by atoms with Crippen molar-refractivity contribution >= 4 is 11.8 Å². The number of hydrogen-bond acceptors (Lipinski definition) is 4. The standard InChI is InChI=1S/C54H33N3S/c55-34-41-23-13-27-45-51(41)52-42(24-14-28-46(52)54(45)43-25-7-9-29-49(43)58-50-30-10-8-26-44(50)54)38-20-12-22-40(32-38)48-33-47(56-53(57-48)36-17-5-2-6-18-36)39-21-11-19-37(31-39)35-15-3-1-4-16-35/h1-33H. The molecule has 0 saturated carbocycles. The summed E-state index contributed by atoms with van der Waals surface area (Å²) in [5, 5.41) is 10.7. The average Bonchev–Trinajstić information content (AvgIpc) is 3.60. The smallest absolute Gasteiger partial charge is 0.160 e. The van der Waals surface area contributed by atoms with E-state index in [-0.39, 0.29) is 0 Å². The molecule has 2 aliphatic rings. The van der Waals surface area contributed by atoms with Crippen LogP contribution in [0.15, 0.2) is 210 Å². The van der Waals surface area contributed by atoms with Gasteiger partial charge in [-0.2, -0.15) is 5.26 Å². The van der Waals surface area contributed by atoms with Crippen molar-refractivity contribution in [3.8, 4) is 73.4 Å². The van der Waals surface area contributed by atoms with Gasteiger partial charge in [0.15, 0.2) is 5.82 Å². The second-order valence-corrected chi connectivity index (χ2v) is 15.9. The Hall–Kier alpha value is -7.32. The topological polar surface area (TPSA) is 49.6 Å². The molecule has 3 nitrogen and oxygen atoms in total. The van der Waals surface area contributed by atoms with E-state index in [1.165, 1.54) is 26.5 Å². The summed E-state index contributed by atoms with van der Waals surface area (Å²) in [5.41, 5.74) is 16.2. The number of hydrogen-bond donors (Lipinski definition) is 0. The van der Waals surface area contributed by atoms with Crippen molar-refractivity contribution in [2.75, 3.05) is 0 Å². The quantitative estimate of drug-likeness (QED) is 0.175. The van der Waals surface area contributed by atoms with Crippen LogP contribution >= 0.6 is 11.8 Å². The molecule has 0 fully saturated rings. The van der Waals surface area contributed by atoms with Crippen LogP contribution in [0.3, 0.4) is 0 Å². The first-order valence-electron chi connectivity index (χ1n) is 19.5. The van der Waals surface area contributed by atoms with E-state index in [4.69, 9.17) is 9.97 Å². The predicted molar refractivity (Wildman–Crippen MR) is 235 cm³/mol. The van der Waals surface area contributed by atoms with Gasteiger partial charge in [-0.05, 0) is 86.5 Å². The lowest BCUT2D eigenvalue weighted by atomic mass is 9.67. The van der Waals surface area contributed by atoms with E-state index in [2.05, 4.69) is 170 Å². The van der Waals surface area contributed by atoms with Crippen LogP contribution < -0.4 is 0 Å². The molecular weight excluding hydrogens is 723 g/mol. The summed E-state index contributed by atoms with van der Waals surface area (Å²) in [6.07, 6.45) is 0. The first-order chi connectivity index (χ1) is 28.7. The van der Waals surface area contributed by atoms with Gasteiger partial charge in [-0.15, -0.1) is 0 Å². The lowest BCUT2D eigenvalue weighted by molar-refractivity contribution is 0.722. The maximum Gasteiger partial charge on any atom is 0.160 e. The van der Waals surface area contributed by atoms with E-state index >= 15 is 0 Å². The summed E-state index contributed by atoms with van der Waals surface area (Å²) < 4.78 is 0. The summed E-state index contributed by atoms with van der Waals surface area (Å²) in [5.74, 6) is 0.672. The summed E-state index contributed by atoms with van der Waals surface area (Å²) >= 11 is 1.82. The lowest BCUT2D eigenvalue weighted by Crippen LogP contribution is -2.31. The van der Waals surface area contributed by atoms with Crippen molar-refractivity contribution in [3.63, 3.8) is 0 Å². The van der Waals surface area contributed by atoms with Crippen LogP contribution in [0.5, 0.6) is 0 Å². The number of rotatable bonds is 5. The second kappa shape index (κ2) is 13.7. The third-order valence-corrected chi connectivity index (χ3v) is 12.8. The van der Waals surface area contributed by atoms with Gasteiger partial charge in [0.05, 0.1) is 28.4 Å². The Labute approximate surface area is 342 Å². The van der Waals surface area contributed by atoms with Crippen molar-refractivity contribution in [2.24, 2.45) is 0 Å². The fourth-order valence-electron chi connectivity index (χ4n) is 9.12. The first-order valence-corrected chi connectivity index (χ1v) is 20.3. The molecule has 1 aliphatic carbocycles. The molecule has 11 rings (SSSR count). The molecule has 270 valence electrons. The van der Waals surface area contributed by atoms with Crippen LogP contribution in [0.25, 0.3) is 67.3 Å². The first kappa shape index (κ1) is 34.0. The summed E-state index contributed by atoms with van der Waals surface area (Å²) in [7, 11) is 0. The molecule has 4 heteroatoms. The number of benzene rings is 8. The molecule has 9 aromatic rings. The minimum atomic E-state index is -0.579. The van der Waals surface area contributed by atoms with E-state index in [9.17, 15) is 5.26 Å². The zero-order chi connectivity index (χ0) is 38.6. The van der Waals surface area contributed by atoms with Crippen LogP contribution in [-0.2, 0) is 5.41 Å². The van der Waals surface area contributed by atoms with Crippen molar-refractivity contribution in [2.45, 2.75) is 15.2 Å². The highest BCUT2D eigenvalue weighted by Crippen LogP contribution is 2.64. The Morgan fingerprint density at radius 2 is 0.879 bits per heavy atom. The third kappa shape index (κ3) is 5.29. The maximum absolute atomic E-state index is 10.7. The van der Waals surface area contributed by atoms with Crippen LogP contribution in [-0.4, -0.2) is 9.97 Å². The Morgan fingerprint density at radius 3 is 1.53 bits per heavy atom. The van der Waals surface area contributed by atoms with Gasteiger partial charge in [-0.25, -0.2) is 9.97 Å².